The van der Waals surface area contributed by atoms with Crippen LogP contribution in [0.4, 0.5) is 18.9 Å². The summed E-state index contributed by atoms with van der Waals surface area (Å²) in [4.78, 5) is 8.57. The Morgan fingerprint density at radius 3 is 2.53 bits per heavy atom. The smallest absolute Gasteiger partial charge is 0.416 e. The molecule has 0 aliphatic rings. The molecule has 4 aromatic rings. The Hall–Kier alpha value is -3.60. The molecular formula is C21H17F3N4O3S. The summed E-state index contributed by atoms with van der Waals surface area (Å²) >= 11 is 0. The van der Waals surface area contributed by atoms with Gasteiger partial charge in [-0.2, -0.15) is 13.2 Å². The molecule has 2 heterocycles. The number of imidazole rings is 1. The van der Waals surface area contributed by atoms with Crippen molar-refractivity contribution in [1.29, 1.82) is 0 Å². The number of ether oxygens (including phenoxy) is 1. The van der Waals surface area contributed by atoms with Gasteiger partial charge in [0.15, 0.2) is 0 Å². The van der Waals surface area contributed by atoms with E-state index in [-0.39, 0.29) is 17.0 Å². The van der Waals surface area contributed by atoms with Gasteiger partial charge in [0.05, 0.1) is 29.8 Å². The molecule has 0 saturated heterocycles. The number of anilines is 1. The molecular weight excluding hydrogens is 445 g/mol. The second-order valence-corrected chi connectivity index (χ2v) is 8.65. The van der Waals surface area contributed by atoms with Crippen LogP contribution in [0.15, 0.2) is 67.1 Å². The van der Waals surface area contributed by atoms with Crippen LogP contribution in [-0.2, 0) is 22.0 Å². The molecule has 1 N–H and O–H groups in total. The van der Waals surface area contributed by atoms with Gasteiger partial charge in [0.25, 0.3) is 0 Å². The Kier molecular flexibility index (Phi) is 5.51. The summed E-state index contributed by atoms with van der Waals surface area (Å²) < 4.78 is 73.0. The number of hydrogen-bond acceptors (Lipinski definition) is 5. The third-order valence-electron chi connectivity index (χ3n) is 4.63. The van der Waals surface area contributed by atoms with Crippen LogP contribution in [0.1, 0.15) is 11.1 Å². The standard InChI is InChI=1S/C21H17F3N4O3S/c1-31-19-8-5-15(18-12-28-10-2-9-25-20(28)26-18)11-17(19)27-32(29,30)13-14-3-6-16(7-4-14)21(22,23)24/h2-12,27H,13H2,1H3. The van der Waals surface area contributed by atoms with Gasteiger partial charge in [-0.1, -0.05) is 12.1 Å². The quantitative estimate of drug-likeness (QED) is 0.460. The summed E-state index contributed by atoms with van der Waals surface area (Å²) in [5.74, 6) is 0.269. The van der Waals surface area contributed by atoms with Crippen LogP contribution >= 0.6 is 0 Å². The topological polar surface area (TPSA) is 85.6 Å². The molecule has 2 aromatic heterocycles. The van der Waals surface area contributed by atoms with E-state index in [1.807, 2.05) is 0 Å². The van der Waals surface area contributed by atoms with Gasteiger partial charge >= 0.3 is 6.18 Å². The minimum Gasteiger partial charge on any atom is -0.495 e. The fraction of sp³-hybridized carbons (Fsp3) is 0.143. The molecule has 0 unspecified atom stereocenters. The number of methoxy groups -OCH3 is 1. The Morgan fingerprint density at radius 1 is 1.12 bits per heavy atom. The highest BCUT2D eigenvalue weighted by Gasteiger charge is 2.30. The Balaban J connectivity index is 1.60. The highest BCUT2D eigenvalue weighted by atomic mass is 32.2. The molecule has 4 rings (SSSR count). The number of fused-ring (bicyclic) bond motifs is 1. The van der Waals surface area contributed by atoms with Crippen molar-refractivity contribution in [2.45, 2.75) is 11.9 Å². The Bertz CT molecular complexity index is 1330. The van der Waals surface area contributed by atoms with Crippen LogP contribution in [0.5, 0.6) is 5.75 Å². The van der Waals surface area contributed by atoms with Crippen molar-refractivity contribution in [1.82, 2.24) is 14.4 Å². The first kappa shape index (κ1) is 21.6. The summed E-state index contributed by atoms with van der Waals surface area (Å²) in [6.07, 6.45) is 0.665. The van der Waals surface area contributed by atoms with Crippen LogP contribution in [0.3, 0.4) is 0 Å². The zero-order valence-corrected chi connectivity index (χ0v) is 17.5. The zero-order chi connectivity index (χ0) is 22.9. The van der Waals surface area contributed by atoms with E-state index in [2.05, 4.69) is 14.7 Å². The van der Waals surface area contributed by atoms with Gasteiger partial charge in [-0.3, -0.25) is 9.12 Å². The van der Waals surface area contributed by atoms with Gasteiger partial charge in [-0.25, -0.2) is 18.4 Å². The first-order valence-corrected chi connectivity index (χ1v) is 10.9. The predicted octanol–water partition coefficient (Wildman–Crippen LogP) is 4.37. The van der Waals surface area contributed by atoms with Crippen LogP contribution in [0.25, 0.3) is 17.0 Å². The maximum absolute atomic E-state index is 12.7. The van der Waals surface area contributed by atoms with E-state index in [0.717, 1.165) is 24.3 Å². The van der Waals surface area contributed by atoms with Crippen molar-refractivity contribution in [3.63, 3.8) is 0 Å². The molecule has 0 fully saturated rings. The maximum Gasteiger partial charge on any atom is 0.416 e. The molecule has 0 amide bonds. The molecule has 11 heteroatoms. The number of nitrogens with zero attached hydrogens (tertiary/aromatic N) is 3. The first-order chi connectivity index (χ1) is 15.1. The summed E-state index contributed by atoms with van der Waals surface area (Å²) in [6.45, 7) is 0. The molecule has 0 saturated carbocycles. The first-order valence-electron chi connectivity index (χ1n) is 9.29. The monoisotopic (exact) mass is 462 g/mol. The number of halogens is 3. The van der Waals surface area contributed by atoms with Crippen molar-refractivity contribution >= 4 is 21.5 Å². The van der Waals surface area contributed by atoms with E-state index in [1.54, 1.807) is 47.3 Å². The number of aromatic nitrogens is 3. The summed E-state index contributed by atoms with van der Waals surface area (Å²) in [5.41, 5.74) is 0.759. The Morgan fingerprint density at radius 2 is 1.88 bits per heavy atom. The zero-order valence-electron chi connectivity index (χ0n) is 16.7. The number of hydrogen-bond donors (Lipinski definition) is 1. The van der Waals surface area contributed by atoms with Gasteiger partial charge < -0.3 is 4.74 Å². The van der Waals surface area contributed by atoms with Gasteiger partial charge in [0, 0.05) is 24.2 Å². The van der Waals surface area contributed by atoms with E-state index >= 15 is 0 Å². The lowest BCUT2D eigenvalue weighted by Gasteiger charge is -2.13. The van der Waals surface area contributed by atoms with Crippen LogP contribution in [0.2, 0.25) is 0 Å². The highest BCUT2D eigenvalue weighted by molar-refractivity contribution is 7.91. The summed E-state index contributed by atoms with van der Waals surface area (Å²) in [7, 11) is -2.54. The molecule has 0 spiro atoms. The van der Waals surface area contributed by atoms with Crippen molar-refractivity contribution in [3.05, 3.63) is 78.2 Å². The molecule has 0 bridgehead atoms. The van der Waals surface area contributed by atoms with E-state index in [9.17, 15) is 21.6 Å². The maximum atomic E-state index is 12.7. The second-order valence-electron chi connectivity index (χ2n) is 6.92. The summed E-state index contributed by atoms with van der Waals surface area (Å²) in [5, 5.41) is 0. The number of rotatable bonds is 6. The van der Waals surface area contributed by atoms with Crippen molar-refractivity contribution in [2.24, 2.45) is 0 Å². The SMILES string of the molecule is COc1ccc(-c2cn3cccnc3n2)cc1NS(=O)(=O)Cc1ccc(C(F)(F)F)cc1. The molecule has 2 aromatic carbocycles. The molecule has 166 valence electrons. The average Bonchev–Trinajstić information content (AvgIpc) is 3.17. The average molecular weight is 462 g/mol. The highest BCUT2D eigenvalue weighted by Crippen LogP contribution is 2.32. The number of benzene rings is 2. The lowest BCUT2D eigenvalue weighted by Crippen LogP contribution is -2.16. The van der Waals surface area contributed by atoms with E-state index in [1.165, 1.54) is 7.11 Å². The molecule has 0 aliphatic heterocycles. The molecule has 0 radical (unpaired) electrons. The van der Waals surface area contributed by atoms with Gasteiger partial charge in [-0.15, -0.1) is 0 Å². The number of alkyl halides is 3. The van der Waals surface area contributed by atoms with E-state index in [0.29, 0.717) is 17.0 Å². The second kappa shape index (κ2) is 8.15. The van der Waals surface area contributed by atoms with Crippen LogP contribution in [0, 0.1) is 0 Å². The van der Waals surface area contributed by atoms with Crippen LogP contribution in [-0.4, -0.2) is 29.9 Å². The predicted molar refractivity (Wildman–Crippen MR) is 113 cm³/mol. The number of sulfonamides is 1. The van der Waals surface area contributed by atoms with E-state index in [4.69, 9.17) is 4.74 Å². The number of nitrogens with one attached hydrogen (secondary N) is 1. The molecule has 32 heavy (non-hydrogen) atoms. The fourth-order valence-electron chi connectivity index (χ4n) is 3.13. The van der Waals surface area contributed by atoms with Crippen LogP contribution < -0.4 is 9.46 Å². The Labute approximate surface area is 181 Å². The van der Waals surface area contributed by atoms with Gasteiger partial charge in [0.2, 0.25) is 15.8 Å². The summed E-state index contributed by atoms with van der Waals surface area (Å²) in [6, 6.07) is 10.6. The lowest BCUT2D eigenvalue weighted by atomic mass is 10.1. The third-order valence-corrected chi connectivity index (χ3v) is 5.88. The molecule has 7 nitrogen and oxygen atoms in total. The van der Waals surface area contributed by atoms with Gasteiger partial charge in [-0.05, 0) is 42.0 Å². The third kappa shape index (κ3) is 4.67. The molecule has 0 aliphatic carbocycles. The van der Waals surface area contributed by atoms with Crippen molar-refractivity contribution in [3.8, 4) is 17.0 Å². The molecule has 0 atom stereocenters. The van der Waals surface area contributed by atoms with E-state index < -0.39 is 27.5 Å². The van der Waals surface area contributed by atoms with Crippen molar-refractivity contribution < 1.29 is 26.3 Å². The van der Waals surface area contributed by atoms with Crippen molar-refractivity contribution in [2.75, 3.05) is 11.8 Å². The largest absolute Gasteiger partial charge is 0.495 e. The minimum absolute atomic E-state index is 0.182. The van der Waals surface area contributed by atoms with Gasteiger partial charge in [0.1, 0.15) is 5.75 Å². The minimum atomic E-state index is -4.49. The fourth-order valence-corrected chi connectivity index (χ4v) is 4.33. The lowest BCUT2D eigenvalue weighted by molar-refractivity contribution is -0.137. The normalized spacial score (nSPS) is 12.1.